The van der Waals surface area contributed by atoms with E-state index in [0.717, 1.165) is 27.9 Å². The number of halogens is 1. The van der Waals surface area contributed by atoms with Crippen molar-refractivity contribution in [3.8, 4) is 24.1 Å². The highest BCUT2D eigenvalue weighted by molar-refractivity contribution is 7.08. The van der Waals surface area contributed by atoms with Crippen LogP contribution in [0.15, 0.2) is 77.3 Å². The highest BCUT2D eigenvalue weighted by atomic mass is 32.1. The largest absolute Gasteiger partial charge is 0.399 e. The fraction of sp³-hybridized carbons (Fsp3) is 0.179. The molecule has 8 heteroatoms. The first-order valence-electron chi connectivity index (χ1n) is 11.2. The van der Waals surface area contributed by atoms with E-state index in [1.54, 1.807) is 42.9 Å². The number of fused-ring (bicyclic) bond motifs is 1. The predicted molar refractivity (Wildman–Crippen MR) is 148 cm³/mol. The molecule has 3 N–H and O–H groups in total. The van der Waals surface area contributed by atoms with Gasteiger partial charge in [-0.1, -0.05) is 12.7 Å². The molecule has 0 atom stereocenters. The van der Waals surface area contributed by atoms with Crippen LogP contribution in [0.3, 0.4) is 0 Å². The number of thiophene rings is 1. The third kappa shape index (κ3) is 5.95. The Bertz CT molecular complexity index is 1430. The monoisotopic (exact) mass is 500 g/mol. The van der Waals surface area contributed by atoms with Gasteiger partial charge in [-0.2, -0.15) is 11.3 Å². The molecule has 0 spiro atoms. The number of terminal acetylenes is 1. The molecular weight excluding hydrogens is 471 g/mol. The van der Waals surface area contributed by atoms with Crippen molar-refractivity contribution in [3.63, 3.8) is 0 Å². The number of nitrogens with zero attached hydrogens (tertiary/aromatic N) is 4. The second kappa shape index (κ2) is 12.1. The van der Waals surface area contributed by atoms with Gasteiger partial charge in [0.1, 0.15) is 17.2 Å². The van der Waals surface area contributed by atoms with E-state index in [1.807, 2.05) is 48.0 Å². The molecule has 0 saturated heterocycles. The minimum absolute atomic E-state index is 0.184. The number of pyridine rings is 2. The Kier molecular flexibility index (Phi) is 8.90. The van der Waals surface area contributed by atoms with Crippen LogP contribution in [0.5, 0.6) is 0 Å². The molecule has 4 heterocycles. The number of aromatic nitrogens is 4. The third-order valence-electron chi connectivity index (χ3n) is 5.42. The van der Waals surface area contributed by atoms with Crippen molar-refractivity contribution in [3.05, 3.63) is 94.3 Å². The molecule has 36 heavy (non-hydrogen) atoms. The van der Waals surface area contributed by atoms with E-state index < -0.39 is 5.83 Å². The minimum atomic E-state index is -0.476. The summed E-state index contributed by atoms with van der Waals surface area (Å²) in [7, 11) is 3.94. The Balaban J connectivity index is 0.00000176. The van der Waals surface area contributed by atoms with Crippen LogP contribution in [-0.2, 0) is 13.0 Å². The number of aromatic amines is 1. The van der Waals surface area contributed by atoms with Crippen molar-refractivity contribution in [1.82, 2.24) is 24.8 Å². The maximum Gasteiger partial charge on any atom is 0.136 e. The zero-order valence-electron chi connectivity index (χ0n) is 20.6. The summed E-state index contributed by atoms with van der Waals surface area (Å²) in [5.74, 6) is 0.123. The summed E-state index contributed by atoms with van der Waals surface area (Å²) in [6.07, 6.45) is 15.0. The van der Waals surface area contributed by atoms with Crippen molar-refractivity contribution in [2.45, 2.75) is 19.9 Å². The summed E-state index contributed by atoms with van der Waals surface area (Å²) in [4.78, 5) is 18.8. The van der Waals surface area contributed by atoms with Crippen LogP contribution in [0.25, 0.3) is 27.9 Å². The Labute approximate surface area is 215 Å². The van der Waals surface area contributed by atoms with Crippen LogP contribution in [0.2, 0.25) is 0 Å². The average molecular weight is 501 g/mol. The number of imidazole rings is 1. The van der Waals surface area contributed by atoms with Gasteiger partial charge in [0.15, 0.2) is 0 Å². The molecule has 184 valence electrons. The van der Waals surface area contributed by atoms with Crippen molar-refractivity contribution in [1.29, 1.82) is 0 Å². The topological polar surface area (TPSA) is 83.7 Å². The predicted octanol–water partition coefficient (Wildman–Crippen LogP) is 5.73. The molecule has 0 aromatic carbocycles. The van der Waals surface area contributed by atoms with Gasteiger partial charge in [-0.15, -0.1) is 12.8 Å². The molecule has 0 fully saturated rings. The molecule has 4 aromatic heterocycles. The van der Waals surface area contributed by atoms with Crippen molar-refractivity contribution >= 4 is 27.9 Å². The van der Waals surface area contributed by atoms with Crippen molar-refractivity contribution in [2.75, 3.05) is 14.1 Å². The van der Waals surface area contributed by atoms with Gasteiger partial charge in [0.05, 0.1) is 11.2 Å². The first kappa shape index (κ1) is 26.5. The lowest BCUT2D eigenvalue weighted by Crippen LogP contribution is -2.11. The van der Waals surface area contributed by atoms with Crippen molar-refractivity contribution < 1.29 is 4.39 Å². The number of H-pyrrole nitrogens is 1. The van der Waals surface area contributed by atoms with E-state index in [1.165, 1.54) is 0 Å². The van der Waals surface area contributed by atoms with E-state index >= 15 is 4.39 Å². The lowest BCUT2D eigenvalue weighted by atomic mass is 9.99. The zero-order valence-corrected chi connectivity index (χ0v) is 21.4. The lowest BCUT2D eigenvalue weighted by Gasteiger charge is -2.13. The fourth-order valence-electron chi connectivity index (χ4n) is 3.74. The molecule has 4 aromatic rings. The van der Waals surface area contributed by atoms with Crippen LogP contribution in [0.1, 0.15) is 23.9 Å². The SMILES string of the molecule is C#C.C=C(/C(F)=C(Cc1nc2c(-c3ccsc3)nccc2[nH]1)\C(N)=C/C)c1cncc(CN(C)C)c1. The molecule has 0 bridgehead atoms. The standard InChI is InChI=1S/C26H27FN6S.C2H2/c1-5-21(28)20(24(27)16(2)19-10-17(12-29-13-19)14-33(3)4)11-23-31-22-6-8-30-25(26(22)32-23)18-7-9-34-15-18;1-2/h5-10,12-13,15H,2,11,14,28H2,1,3-4H3,(H,31,32);1-2H/b21-5+,24-20+;. The van der Waals surface area contributed by atoms with Crippen molar-refractivity contribution in [2.24, 2.45) is 5.73 Å². The van der Waals surface area contributed by atoms with Gasteiger partial charge in [0.25, 0.3) is 0 Å². The smallest absolute Gasteiger partial charge is 0.136 e. The quantitative estimate of drug-likeness (QED) is 0.238. The Morgan fingerprint density at radius 2 is 2.06 bits per heavy atom. The van der Waals surface area contributed by atoms with Gasteiger partial charge in [-0.25, -0.2) is 9.37 Å². The molecular formula is C28H29FN6S. The van der Waals surface area contributed by atoms with E-state index in [0.29, 0.717) is 29.2 Å². The van der Waals surface area contributed by atoms with E-state index in [4.69, 9.17) is 10.7 Å². The number of nitrogens with one attached hydrogen (secondary N) is 1. The number of allylic oxidation sites excluding steroid dienone is 4. The van der Waals surface area contributed by atoms with Gasteiger partial charge < -0.3 is 15.6 Å². The average Bonchev–Trinajstić information content (AvgIpc) is 3.57. The molecule has 0 amide bonds. The summed E-state index contributed by atoms with van der Waals surface area (Å²) < 4.78 is 15.8. The van der Waals surface area contributed by atoms with Crippen LogP contribution >= 0.6 is 11.3 Å². The van der Waals surface area contributed by atoms with Gasteiger partial charge in [0.2, 0.25) is 0 Å². The number of hydrogen-bond donors (Lipinski definition) is 2. The molecule has 0 radical (unpaired) electrons. The molecule has 0 aliphatic rings. The highest BCUT2D eigenvalue weighted by Gasteiger charge is 2.18. The summed E-state index contributed by atoms with van der Waals surface area (Å²) in [6, 6.07) is 5.77. The molecule has 0 aliphatic heterocycles. The number of nitrogens with two attached hydrogens (primary N) is 1. The summed E-state index contributed by atoms with van der Waals surface area (Å²) in [6.45, 7) is 6.48. The maximum absolute atomic E-state index is 15.8. The van der Waals surface area contributed by atoms with E-state index in [-0.39, 0.29) is 12.0 Å². The normalized spacial score (nSPS) is 12.2. The number of hydrogen-bond acceptors (Lipinski definition) is 6. The van der Waals surface area contributed by atoms with Crippen LogP contribution in [0.4, 0.5) is 4.39 Å². The van der Waals surface area contributed by atoms with Gasteiger partial charge in [-0.05, 0) is 50.2 Å². The van der Waals surface area contributed by atoms with Gasteiger partial charge in [-0.3, -0.25) is 9.97 Å². The second-order valence-corrected chi connectivity index (χ2v) is 9.04. The van der Waals surface area contributed by atoms with Crippen LogP contribution < -0.4 is 5.73 Å². The maximum atomic E-state index is 15.8. The fourth-order valence-corrected chi connectivity index (χ4v) is 4.38. The molecule has 0 saturated carbocycles. The Morgan fingerprint density at radius 3 is 2.72 bits per heavy atom. The molecule has 6 nitrogen and oxygen atoms in total. The Morgan fingerprint density at radius 1 is 1.28 bits per heavy atom. The van der Waals surface area contributed by atoms with Crippen LogP contribution in [0, 0.1) is 12.8 Å². The molecule has 0 unspecified atom stereocenters. The summed E-state index contributed by atoms with van der Waals surface area (Å²) in [5, 5.41) is 4.03. The third-order valence-corrected chi connectivity index (χ3v) is 6.10. The number of rotatable bonds is 8. The van der Waals surface area contributed by atoms with E-state index in [9.17, 15) is 0 Å². The Hall–Kier alpha value is -4.06. The highest BCUT2D eigenvalue weighted by Crippen LogP contribution is 2.31. The first-order valence-corrected chi connectivity index (χ1v) is 12.1. The van der Waals surface area contributed by atoms with Gasteiger partial charge in [0, 0.05) is 64.9 Å². The van der Waals surface area contributed by atoms with Gasteiger partial charge >= 0.3 is 0 Å². The lowest BCUT2D eigenvalue weighted by molar-refractivity contribution is 0.402. The molecule has 0 aliphatic carbocycles. The minimum Gasteiger partial charge on any atom is -0.399 e. The second-order valence-electron chi connectivity index (χ2n) is 8.26. The van der Waals surface area contributed by atoms with E-state index in [2.05, 4.69) is 34.4 Å². The summed E-state index contributed by atoms with van der Waals surface area (Å²) >= 11 is 1.60. The summed E-state index contributed by atoms with van der Waals surface area (Å²) in [5.41, 5.74) is 12.1. The molecule has 4 rings (SSSR count). The zero-order chi connectivity index (χ0) is 26.2. The first-order chi connectivity index (χ1) is 17.4. The van der Waals surface area contributed by atoms with Crippen LogP contribution in [-0.4, -0.2) is 38.9 Å².